The van der Waals surface area contributed by atoms with Gasteiger partial charge in [0.05, 0.1) is 11.4 Å². The van der Waals surface area contributed by atoms with E-state index in [4.69, 9.17) is 5.73 Å². The number of aryl methyl sites for hydroxylation is 1. The molecule has 0 aromatic carbocycles. The van der Waals surface area contributed by atoms with Crippen LogP contribution in [0.3, 0.4) is 0 Å². The molecule has 1 aromatic rings. The van der Waals surface area contributed by atoms with E-state index in [1.807, 2.05) is 11.8 Å². The summed E-state index contributed by atoms with van der Waals surface area (Å²) in [6.45, 7) is 3.46. The van der Waals surface area contributed by atoms with Crippen molar-refractivity contribution in [2.75, 3.05) is 18.8 Å². The van der Waals surface area contributed by atoms with Crippen molar-refractivity contribution < 1.29 is 4.79 Å². The van der Waals surface area contributed by atoms with Crippen molar-refractivity contribution in [1.29, 1.82) is 0 Å². The maximum Gasteiger partial charge on any atom is 0.276 e. The molecule has 0 unspecified atom stereocenters. The van der Waals surface area contributed by atoms with E-state index in [1.54, 1.807) is 0 Å². The Morgan fingerprint density at radius 1 is 1.40 bits per heavy atom. The van der Waals surface area contributed by atoms with Crippen LogP contribution in [0.25, 0.3) is 0 Å². The molecule has 5 nitrogen and oxygen atoms in total. The Bertz CT molecular complexity index is 365. The first-order chi connectivity index (χ1) is 7.20. The highest BCUT2D eigenvalue weighted by atomic mass is 16.2. The van der Waals surface area contributed by atoms with Crippen LogP contribution in [0, 0.1) is 6.92 Å². The highest BCUT2D eigenvalue weighted by Gasteiger charge is 2.22. The number of H-pyrrole nitrogens is 1. The molecule has 0 saturated carbocycles. The number of carbonyl (C=O) groups excluding carboxylic acids is 1. The van der Waals surface area contributed by atoms with Crippen molar-refractivity contribution >= 4 is 11.6 Å². The number of aromatic amines is 1. The van der Waals surface area contributed by atoms with Gasteiger partial charge in [0.1, 0.15) is 0 Å². The lowest BCUT2D eigenvalue weighted by Gasteiger charge is -2.25. The largest absolute Gasteiger partial charge is 0.395 e. The predicted octanol–water partition coefficient (Wildman–Crippen LogP) is 0.926. The molecule has 5 heteroatoms. The summed E-state index contributed by atoms with van der Waals surface area (Å²) in [6, 6.07) is 0. The van der Waals surface area contributed by atoms with Crippen molar-refractivity contribution in [3.8, 4) is 0 Å². The minimum atomic E-state index is -0.0449. The topological polar surface area (TPSA) is 75.0 Å². The van der Waals surface area contributed by atoms with E-state index in [2.05, 4.69) is 10.2 Å². The number of anilines is 1. The Morgan fingerprint density at radius 3 is 2.60 bits per heavy atom. The van der Waals surface area contributed by atoms with E-state index in [9.17, 15) is 4.79 Å². The zero-order valence-electron chi connectivity index (χ0n) is 8.92. The van der Waals surface area contributed by atoms with Crippen LogP contribution in [0.5, 0.6) is 0 Å². The van der Waals surface area contributed by atoms with Gasteiger partial charge in [-0.2, -0.15) is 5.10 Å². The number of rotatable bonds is 1. The van der Waals surface area contributed by atoms with Gasteiger partial charge in [0.2, 0.25) is 0 Å². The first kappa shape index (κ1) is 10.0. The number of likely N-dealkylation sites (tertiary alicyclic amines) is 1. The first-order valence-corrected chi connectivity index (χ1v) is 5.30. The predicted molar refractivity (Wildman–Crippen MR) is 57.5 cm³/mol. The summed E-state index contributed by atoms with van der Waals surface area (Å²) >= 11 is 0. The van der Waals surface area contributed by atoms with E-state index in [0.717, 1.165) is 31.6 Å². The minimum Gasteiger partial charge on any atom is -0.395 e. The van der Waals surface area contributed by atoms with Crippen molar-refractivity contribution in [2.24, 2.45) is 0 Å². The monoisotopic (exact) mass is 208 g/mol. The van der Waals surface area contributed by atoms with Crippen molar-refractivity contribution in [1.82, 2.24) is 15.1 Å². The summed E-state index contributed by atoms with van der Waals surface area (Å²) in [5, 5.41) is 6.68. The van der Waals surface area contributed by atoms with Gasteiger partial charge in [0.25, 0.3) is 5.91 Å². The highest BCUT2D eigenvalue weighted by Crippen LogP contribution is 2.17. The number of amides is 1. The summed E-state index contributed by atoms with van der Waals surface area (Å²) in [5.41, 5.74) is 7.38. The van der Waals surface area contributed by atoms with E-state index >= 15 is 0 Å². The lowest BCUT2D eigenvalue weighted by atomic mass is 10.1. The third-order valence-electron chi connectivity index (χ3n) is 2.84. The van der Waals surface area contributed by atoms with Crippen LogP contribution < -0.4 is 5.73 Å². The van der Waals surface area contributed by atoms with Crippen molar-refractivity contribution in [3.05, 3.63) is 11.4 Å². The zero-order chi connectivity index (χ0) is 10.8. The molecule has 2 rings (SSSR count). The lowest BCUT2D eigenvalue weighted by Crippen LogP contribution is -2.36. The second-order valence-electron chi connectivity index (χ2n) is 3.96. The summed E-state index contributed by atoms with van der Waals surface area (Å²) < 4.78 is 0. The standard InChI is InChI=1S/C10H16N4O/c1-7-8(11)9(13-12-7)10(15)14-5-3-2-4-6-14/h2-6,11H2,1H3,(H,12,13). The second kappa shape index (κ2) is 3.92. The molecule has 1 aromatic heterocycles. The molecule has 0 spiro atoms. The average Bonchev–Trinajstić information content (AvgIpc) is 2.60. The number of carbonyl (C=O) groups is 1. The molecule has 3 N–H and O–H groups in total. The van der Waals surface area contributed by atoms with Crippen LogP contribution in [-0.4, -0.2) is 34.1 Å². The van der Waals surface area contributed by atoms with Gasteiger partial charge < -0.3 is 10.6 Å². The van der Waals surface area contributed by atoms with Crippen LogP contribution in [-0.2, 0) is 0 Å². The fourth-order valence-corrected chi connectivity index (χ4v) is 1.85. The molecule has 0 aliphatic carbocycles. The molecule has 0 bridgehead atoms. The number of aromatic nitrogens is 2. The Labute approximate surface area is 88.6 Å². The molecule has 1 amide bonds. The first-order valence-electron chi connectivity index (χ1n) is 5.30. The van der Waals surface area contributed by atoms with Gasteiger partial charge in [-0.15, -0.1) is 0 Å². The highest BCUT2D eigenvalue weighted by molar-refractivity contribution is 5.97. The third-order valence-corrected chi connectivity index (χ3v) is 2.84. The lowest BCUT2D eigenvalue weighted by molar-refractivity contribution is 0.0719. The van der Waals surface area contributed by atoms with E-state index < -0.39 is 0 Å². The Morgan fingerprint density at radius 2 is 2.07 bits per heavy atom. The number of hydrogen-bond acceptors (Lipinski definition) is 3. The quantitative estimate of drug-likeness (QED) is 0.720. The summed E-state index contributed by atoms with van der Waals surface area (Å²) in [7, 11) is 0. The minimum absolute atomic E-state index is 0.0449. The summed E-state index contributed by atoms with van der Waals surface area (Å²) in [4.78, 5) is 13.8. The molecular formula is C10H16N4O. The Hall–Kier alpha value is -1.52. The molecule has 1 fully saturated rings. The molecule has 1 aliphatic rings. The molecule has 1 saturated heterocycles. The molecule has 1 aliphatic heterocycles. The molecule has 15 heavy (non-hydrogen) atoms. The number of nitrogens with one attached hydrogen (secondary N) is 1. The molecule has 2 heterocycles. The van der Waals surface area contributed by atoms with Gasteiger partial charge in [-0.1, -0.05) is 0 Å². The maximum atomic E-state index is 12.0. The smallest absolute Gasteiger partial charge is 0.276 e. The molecule has 0 atom stereocenters. The maximum absolute atomic E-state index is 12.0. The number of nitrogens with two attached hydrogens (primary N) is 1. The summed E-state index contributed by atoms with van der Waals surface area (Å²) in [5.74, 6) is -0.0449. The number of nitrogens with zero attached hydrogens (tertiary/aromatic N) is 2. The van der Waals surface area contributed by atoms with Crippen LogP contribution >= 0.6 is 0 Å². The fourth-order valence-electron chi connectivity index (χ4n) is 1.85. The fraction of sp³-hybridized carbons (Fsp3) is 0.600. The van der Waals surface area contributed by atoms with E-state index in [-0.39, 0.29) is 5.91 Å². The zero-order valence-corrected chi connectivity index (χ0v) is 8.92. The number of piperidine rings is 1. The Kier molecular flexibility index (Phi) is 2.62. The van der Waals surface area contributed by atoms with Gasteiger partial charge in [0.15, 0.2) is 5.69 Å². The van der Waals surface area contributed by atoms with Crippen LogP contribution in [0.1, 0.15) is 35.4 Å². The number of hydrogen-bond donors (Lipinski definition) is 2. The molecular weight excluding hydrogens is 192 g/mol. The van der Waals surface area contributed by atoms with Gasteiger partial charge in [-0.25, -0.2) is 0 Å². The average molecular weight is 208 g/mol. The Balaban J connectivity index is 2.16. The van der Waals surface area contributed by atoms with Gasteiger partial charge in [-0.05, 0) is 26.2 Å². The second-order valence-corrected chi connectivity index (χ2v) is 3.96. The summed E-state index contributed by atoms with van der Waals surface area (Å²) in [6.07, 6.45) is 3.36. The van der Waals surface area contributed by atoms with E-state index in [1.165, 1.54) is 6.42 Å². The van der Waals surface area contributed by atoms with E-state index in [0.29, 0.717) is 11.4 Å². The molecule has 82 valence electrons. The molecule has 0 radical (unpaired) electrons. The van der Waals surface area contributed by atoms with Crippen LogP contribution in [0.2, 0.25) is 0 Å². The van der Waals surface area contributed by atoms with Gasteiger partial charge in [-0.3, -0.25) is 9.89 Å². The normalized spacial score (nSPS) is 16.7. The van der Waals surface area contributed by atoms with Gasteiger partial charge >= 0.3 is 0 Å². The third kappa shape index (κ3) is 1.82. The van der Waals surface area contributed by atoms with Crippen LogP contribution in [0.4, 0.5) is 5.69 Å². The van der Waals surface area contributed by atoms with Gasteiger partial charge in [0, 0.05) is 13.1 Å². The van der Waals surface area contributed by atoms with Crippen LogP contribution in [0.15, 0.2) is 0 Å². The van der Waals surface area contributed by atoms with Crippen molar-refractivity contribution in [3.63, 3.8) is 0 Å². The van der Waals surface area contributed by atoms with Crippen molar-refractivity contribution in [2.45, 2.75) is 26.2 Å². The SMILES string of the molecule is Cc1[nH]nc(C(=O)N2CCCCC2)c1N. The number of nitrogen functional groups attached to an aromatic ring is 1.